The zero-order valence-electron chi connectivity index (χ0n) is 14.1. The number of rotatable bonds is 4. The molecule has 0 aromatic heterocycles. The van der Waals surface area contributed by atoms with Crippen LogP contribution >= 0.6 is 0 Å². The van der Waals surface area contributed by atoms with Crippen molar-refractivity contribution in [1.82, 2.24) is 4.90 Å². The summed E-state index contributed by atoms with van der Waals surface area (Å²) < 4.78 is 5.78. The van der Waals surface area contributed by atoms with Gasteiger partial charge in [0, 0.05) is 30.7 Å². The summed E-state index contributed by atoms with van der Waals surface area (Å²) in [5.74, 6) is 0.850. The maximum Gasteiger partial charge on any atom is 0.269 e. The molecule has 0 N–H and O–H groups in total. The maximum absolute atomic E-state index is 12.7. The number of nitro benzene ring substituents is 1. The molecule has 1 amide bonds. The Labute approximate surface area is 146 Å². The van der Waals surface area contributed by atoms with Gasteiger partial charge in [-0.25, -0.2) is 0 Å². The fourth-order valence-corrected chi connectivity index (χ4v) is 2.97. The lowest BCUT2D eigenvalue weighted by Gasteiger charge is -2.26. The van der Waals surface area contributed by atoms with Gasteiger partial charge in [-0.3, -0.25) is 14.9 Å². The molecule has 25 heavy (non-hydrogen) atoms. The molecular weight excluding hydrogens is 320 g/mol. The molecule has 0 fully saturated rings. The maximum atomic E-state index is 12.7. The lowest BCUT2D eigenvalue weighted by Crippen LogP contribution is -2.39. The van der Waals surface area contributed by atoms with E-state index in [1.54, 1.807) is 6.07 Å². The molecule has 1 atom stereocenters. The monoisotopic (exact) mass is 340 g/mol. The highest BCUT2D eigenvalue weighted by molar-refractivity contribution is 5.77. The summed E-state index contributed by atoms with van der Waals surface area (Å²) in [6.45, 7) is 2.95. The quantitative estimate of drug-likeness (QED) is 0.632. The summed E-state index contributed by atoms with van der Waals surface area (Å²) >= 11 is 0. The van der Waals surface area contributed by atoms with Crippen molar-refractivity contribution in [3.05, 3.63) is 69.8 Å². The summed E-state index contributed by atoms with van der Waals surface area (Å²) in [4.78, 5) is 25.0. The number of carbonyl (C=O) groups excluding carboxylic acids is 1. The van der Waals surface area contributed by atoms with Gasteiger partial charge in [0.25, 0.3) is 5.69 Å². The van der Waals surface area contributed by atoms with Crippen LogP contribution in [0.25, 0.3) is 0 Å². The van der Waals surface area contributed by atoms with E-state index in [4.69, 9.17) is 4.74 Å². The van der Waals surface area contributed by atoms with Crippen LogP contribution in [0, 0.1) is 10.1 Å². The van der Waals surface area contributed by atoms with Gasteiger partial charge in [-0.1, -0.05) is 30.3 Å². The largest absolute Gasteiger partial charge is 0.491 e. The Bertz CT molecular complexity index is 790. The summed E-state index contributed by atoms with van der Waals surface area (Å²) in [5.41, 5.74) is 1.84. The Balaban J connectivity index is 1.68. The Hall–Kier alpha value is -2.89. The predicted octanol–water partition coefficient (Wildman–Crippen LogP) is 3.34. The number of aryl methyl sites for hydroxylation is 1. The van der Waals surface area contributed by atoms with Crippen molar-refractivity contribution >= 4 is 11.6 Å². The van der Waals surface area contributed by atoms with Gasteiger partial charge in [0.2, 0.25) is 5.91 Å². The average molecular weight is 340 g/mol. The molecule has 6 heteroatoms. The van der Waals surface area contributed by atoms with E-state index in [1.807, 2.05) is 42.2 Å². The van der Waals surface area contributed by atoms with Crippen LogP contribution in [0.1, 0.15) is 24.5 Å². The SMILES string of the molecule is C[C@@H]1COc2ccccc2CN1C(=O)CCc1cccc([N+](=O)[O-])c1. The molecule has 130 valence electrons. The number of hydrogen-bond donors (Lipinski definition) is 0. The lowest BCUT2D eigenvalue weighted by molar-refractivity contribution is -0.384. The average Bonchev–Trinajstić information content (AvgIpc) is 2.79. The number of ether oxygens (including phenoxy) is 1. The fourth-order valence-electron chi connectivity index (χ4n) is 2.97. The van der Waals surface area contributed by atoms with Gasteiger partial charge in [0.15, 0.2) is 0 Å². The van der Waals surface area contributed by atoms with Crippen LogP contribution in [0.5, 0.6) is 5.75 Å². The molecule has 0 saturated carbocycles. The van der Waals surface area contributed by atoms with E-state index < -0.39 is 4.92 Å². The minimum atomic E-state index is -0.420. The van der Waals surface area contributed by atoms with Crippen molar-refractivity contribution < 1.29 is 14.5 Å². The first-order valence-electron chi connectivity index (χ1n) is 8.28. The number of benzene rings is 2. The lowest BCUT2D eigenvalue weighted by atomic mass is 10.1. The Morgan fingerprint density at radius 3 is 2.88 bits per heavy atom. The van der Waals surface area contributed by atoms with Crippen molar-refractivity contribution in [3.63, 3.8) is 0 Å². The zero-order valence-corrected chi connectivity index (χ0v) is 14.1. The van der Waals surface area contributed by atoms with Gasteiger partial charge in [-0.2, -0.15) is 0 Å². The molecule has 1 aliphatic heterocycles. The molecule has 0 spiro atoms. The highest BCUT2D eigenvalue weighted by Gasteiger charge is 2.25. The van der Waals surface area contributed by atoms with Gasteiger partial charge < -0.3 is 9.64 Å². The van der Waals surface area contributed by atoms with Crippen molar-refractivity contribution in [3.8, 4) is 5.75 Å². The molecule has 1 aliphatic rings. The first kappa shape index (κ1) is 17.0. The first-order chi connectivity index (χ1) is 12.0. The molecule has 0 bridgehead atoms. The predicted molar refractivity (Wildman–Crippen MR) is 93.4 cm³/mol. The molecule has 0 unspecified atom stereocenters. The van der Waals surface area contributed by atoms with Crippen molar-refractivity contribution in [2.24, 2.45) is 0 Å². The fraction of sp³-hybridized carbons (Fsp3) is 0.316. The molecule has 0 saturated heterocycles. The number of nitro groups is 1. The minimum absolute atomic E-state index is 0.0231. The van der Waals surface area contributed by atoms with E-state index in [2.05, 4.69) is 0 Å². The molecule has 0 aliphatic carbocycles. The van der Waals surface area contributed by atoms with Crippen LogP contribution in [-0.2, 0) is 17.8 Å². The summed E-state index contributed by atoms with van der Waals surface area (Å²) in [7, 11) is 0. The third kappa shape index (κ3) is 3.96. The summed E-state index contributed by atoms with van der Waals surface area (Å²) in [6.07, 6.45) is 0.792. The van der Waals surface area contributed by atoms with Gasteiger partial charge in [-0.15, -0.1) is 0 Å². The smallest absolute Gasteiger partial charge is 0.269 e. The molecule has 1 heterocycles. The van der Waals surface area contributed by atoms with Crippen molar-refractivity contribution in [2.75, 3.05) is 6.61 Å². The first-order valence-corrected chi connectivity index (χ1v) is 8.28. The second-order valence-corrected chi connectivity index (χ2v) is 6.22. The highest BCUT2D eigenvalue weighted by Crippen LogP contribution is 2.25. The topological polar surface area (TPSA) is 72.7 Å². The van der Waals surface area contributed by atoms with Crippen LogP contribution in [-0.4, -0.2) is 28.4 Å². The van der Waals surface area contributed by atoms with Gasteiger partial charge >= 0.3 is 0 Å². The van der Waals surface area contributed by atoms with Crippen LogP contribution in [0.4, 0.5) is 5.69 Å². The van der Waals surface area contributed by atoms with E-state index in [9.17, 15) is 14.9 Å². The van der Waals surface area contributed by atoms with E-state index in [-0.39, 0.29) is 17.6 Å². The second kappa shape index (κ2) is 7.34. The second-order valence-electron chi connectivity index (χ2n) is 6.22. The number of amides is 1. The van der Waals surface area contributed by atoms with Crippen LogP contribution < -0.4 is 4.74 Å². The molecular formula is C19H20N2O4. The molecule has 2 aromatic rings. The summed E-state index contributed by atoms with van der Waals surface area (Å²) in [6, 6.07) is 14.2. The normalized spacial score (nSPS) is 16.5. The standard InChI is InChI=1S/C19H20N2O4/c1-14-13-25-18-8-3-2-6-16(18)12-20(14)19(22)10-9-15-5-4-7-17(11-15)21(23)24/h2-8,11,14H,9-10,12-13H2,1H3/t14-/m1/s1. The number of fused-ring (bicyclic) bond motifs is 1. The number of carbonyl (C=O) groups is 1. The third-order valence-electron chi connectivity index (χ3n) is 4.39. The number of nitrogens with zero attached hydrogens (tertiary/aromatic N) is 2. The Morgan fingerprint density at radius 1 is 1.28 bits per heavy atom. The molecule has 3 rings (SSSR count). The van der Waals surface area contributed by atoms with Crippen molar-refractivity contribution in [2.45, 2.75) is 32.4 Å². The van der Waals surface area contributed by atoms with E-state index in [0.717, 1.165) is 16.9 Å². The van der Waals surface area contributed by atoms with E-state index in [0.29, 0.717) is 26.0 Å². The highest BCUT2D eigenvalue weighted by atomic mass is 16.6. The number of para-hydroxylation sites is 1. The Morgan fingerprint density at radius 2 is 2.08 bits per heavy atom. The van der Waals surface area contributed by atoms with E-state index >= 15 is 0 Å². The molecule has 0 radical (unpaired) electrons. The third-order valence-corrected chi connectivity index (χ3v) is 4.39. The Kier molecular flexibility index (Phi) is 4.97. The van der Waals surface area contributed by atoms with Gasteiger partial charge in [0.05, 0.1) is 11.0 Å². The van der Waals surface area contributed by atoms with Crippen molar-refractivity contribution in [1.29, 1.82) is 0 Å². The number of hydrogen-bond acceptors (Lipinski definition) is 4. The number of non-ortho nitro benzene ring substituents is 1. The summed E-state index contributed by atoms with van der Waals surface area (Å²) in [5, 5.41) is 10.9. The zero-order chi connectivity index (χ0) is 17.8. The van der Waals surface area contributed by atoms with E-state index in [1.165, 1.54) is 12.1 Å². The minimum Gasteiger partial charge on any atom is -0.491 e. The van der Waals surface area contributed by atoms with Crippen LogP contribution in [0.2, 0.25) is 0 Å². The van der Waals surface area contributed by atoms with Gasteiger partial charge in [0.1, 0.15) is 12.4 Å². The van der Waals surface area contributed by atoms with Crippen LogP contribution in [0.3, 0.4) is 0 Å². The molecule has 2 aromatic carbocycles. The van der Waals surface area contributed by atoms with Gasteiger partial charge in [-0.05, 0) is 25.0 Å². The molecule has 6 nitrogen and oxygen atoms in total. The van der Waals surface area contributed by atoms with Crippen LogP contribution in [0.15, 0.2) is 48.5 Å².